The molecule has 3 aliphatic rings. The van der Waals surface area contributed by atoms with Crippen molar-refractivity contribution in [1.29, 1.82) is 0 Å². The SMILES string of the molecule is Cc1cc2c3c(c1)N(c1cc(C(C)(C)C)cc(C(C)(C)C)c1)c1cc4c(cc1B3c1ccc(C(C)(C)C)cc1O2)[Si](c1ccccc1)(c1ccccc1)c1ccccc1-4. The van der Waals surface area contributed by atoms with Gasteiger partial charge in [0.05, 0.1) is 0 Å². The van der Waals surface area contributed by atoms with Gasteiger partial charge in [0, 0.05) is 17.1 Å². The van der Waals surface area contributed by atoms with Crippen LogP contribution in [0.3, 0.4) is 0 Å². The zero-order chi connectivity index (χ0) is 41.2. The molecule has 59 heavy (non-hydrogen) atoms. The smallest absolute Gasteiger partial charge is 0.256 e. The van der Waals surface area contributed by atoms with E-state index < -0.39 is 8.07 Å². The first kappa shape index (κ1) is 37.7. The van der Waals surface area contributed by atoms with Crippen LogP contribution in [-0.4, -0.2) is 14.8 Å². The third-order valence-corrected chi connectivity index (χ3v) is 18.1. The molecule has 4 heteroatoms. The highest BCUT2D eigenvalue weighted by Gasteiger charge is 2.51. The third kappa shape index (κ3) is 5.74. The van der Waals surface area contributed by atoms with Crippen LogP contribution in [0.5, 0.6) is 11.5 Å². The minimum Gasteiger partial charge on any atom is -0.458 e. The molecule has 0 fully saturated rings. The lowest BCUT2D eigenvalue weighted by Gasteiger charge is -2.42. The van der Waals surface area contributed by atoms with Crippen LogP contribution in [0.1, 0.15) is 84.6 Å². The summed E-state index contributed by atoms with van der Waals surface area (Å²) in [5.41, 5.74) is 15.2. The van der Waals surface area contributed by atoms with Gasteiger partial charge in [-0.25, -0.2) is 0 Å². The molecule has 0 spiro atoms. The monoisotopic (exact) mass is 783 g/mol. The molecule has 3 heterocycles. The van der Waals surface area contributed by atoms with Gasteiger partial charge >= 0.3 is 0 Å². The van der Waals surface area contributed by atoms with E-state index in [-0.39, 0.29) is 23.0 Å². The second kappa shape index (κ2) is 13.0. The molecule has 0 N–H and O–H groups in total. The third-order valence-electron chi connectivity index (χ3n) is 13.3. The number of hydrogen-bond acceptors (Lipinski definition) is 2. The quantitative estimate of drug-likeness (QED) is 0.166. The Labute approximate surface area is 353 Å². The summed E-state index contributed by atoms with van der Waals surface area (Å²) in [6.45, 7) is 23.1. The molecule has 0 amide bonds. The lowest BCUT2D eigenvalue weighted by molar-refractivity contribution is 0.483. The van der Waals surface area contributed by atoms with Gasteiger partial charge in [-0.2, -0.15) is 0 Å². The molecule has 292 valence electrons. The predicted molar refractivity (Wildman–Crippen MR) is 256 cm³/mol. The summed E-state index contributed by atoms with van der Waals surface area (Å²) in [7, 11) is -2.77. The Morgan fingerprint density at radius 1 is 0.475 bits per heavy atom. The van der Waals surface area contributed by atoms with Crippen molar-refractivity contribution in [3.63, 3.8) is 0 Å². The average Bonchev–Trinajstić information content (AvgIpc) is 3.49. The molecule has 2 nitrogen and oxygen atoms in total. The number of hydrogen-bond donors (Lipinski definition) is 0. The molecule has 0 bridgehead atoms. The van der Waals surface area contributed by atoms with Crippen molar-refractivity contribution in [1.82, 2.24) is 0 Å². The maximum absolute atomic E-state index is 7.10. The summed E-state index contributed by atoms with van der Waals surface area (Å²) < 4.78 is 7.10. The highest BCUT2D eigenvalue weighted by Crippen LogP contribution is 2.45. The average molecular weight is 784 g/mol. The number of benzene rings is 7. The number of rotatable bonds is 3. The topological polar surface area (TPSA) is 12.5 Å². The van der Waals surface area contributed by atoms with Gasteiger partial charge in [-0.1, -0.05) is 172 Å². The fraction of sp³-hybridized carbons (Fsp3) is 0.236. The Bertz CT molecular complexity index is 2750. The van der Waals surface area contributed by atoms with Crippen molar-refractivity contribution in [3.05, 3.63) is 168 Å². The molecule has 0 saturated carbocycles. The first-order chi connectivity index (χ1) is 28.0. The summed E-state index contributed by atoms with van der Waals surface area (Å²) in [5, 5.41) is 5.75. The van der Waals surface area contributed by atoms with Gasteiger partial charge in [0.2, 0.25) is 0 Å². The number of nitrogens with zero attached hydrogens (tertiary/aromatic N) is 1. The molecule has 0 radical (unpaired) electrons. The zero-order valence-corrected chi connectivity index (χ0v) is 37.3. The molecular formula is C55H54BNOSi. The van der Waals surface area contributed by atoms with Crippen molar-refractivity contribution in [2.75, 3.05) is 4.90 Å². The van der Waals surface area contributed by atoms with Crippen molar-refractivity contribution in [3.8, 4) is 22.6 Å². The van der Waals surface area contributed by atoms with Crippen LogP contribution in [-0.2, 0) is 16.2 Å². The van der Waals surface area contributed by atoms with Gasteiger partial charge in [0.15, 0.2) is 8.07 Å². The first-order valence-electron chi connectivity index (χ1n) is 21.4. The number of ether oxygens (including phenoxy) is 1. The lowest BCUT2D eigenvalue weighted by Crippen LogP contribution is -2.73. The van der Waals surface area contributed by atoms with Gasteiger partial charge in [-0.3, -0.25) is 0 Å². The summed E-state index contributed by atoms with van der Waals surface area (Å²) in [4.78, 5) is 2.59. The molecule has 7 aromatic rings. The van der Waals surface area contributed by atoms with Crippen LogP contribution in [0.25, 0.3) is 11.1 Å². The Morgan fingerprint density at radius 2 is 1.07 bits per heavy atom. The molecule has 3 aliphatic heterocycles. The number of anilines is 3. The van der Waals surface area contributed by atoms with E-state index >= 15 is 0 Å². The van der Waals surface area contributed by atoms with Gasteiger partial charge in [-0.05, 0) is 130 Å². The molecule has 0 aromatic heterocycles. The van der Waals surface area contributed by atoms with Crippen LogP contribution in [0.2, 0.25) is 0 Å². The van der Waals surface area contributed by atoms with Gasteiger partial charge in [-0.15, -0.1) is 0 Å². The first-order valence-corrected chi connectivity index (χ1v) is 23.4. The maximum Gasteiger partial charge on any atom is 0.256 e. The van der Waals surface area contributed by atoms with E-state index in [1.807, 2.05) is 0 Å². The number of aryl methyl sites for hydroxylation is 1. The molecule has 0 unspecified atom stereocenters. The van der Waals surface area contributed by atoms with Crippen molar-refractivity contribution in [2.24, 2.45) is 0 Å². The summed E-state index contributed by atoms with van der Waals surface area (Å²) in [5.74, 6) is 1.93. The van der Waals surface area contributed by atoms with Gasteiger partial charge in [0.1, 0.15) is 11.5 Å². The van der Waals surface area contributed by atoms with E-state index in [0.717, 1.165) is 11.5 Å². The fourth-order valence-corrected chi connectivity index (χ4v) is 15.4. The van der Waals surface area contributed by atoms with Crippen molar-refractivity contribution < 1.29 is 4.74 Å². The standard InChI is InChI=1S/C55H54BNOSi/c1-35-27-47-52-49(28-35)58-48-32-36(53(2,3)4)25-26-44(48)56(52)45-34-51-43(33-46(45)57(47)39-30-37(54(5,6)7)29-38(31-39)55(8,9)10)42-23-17-18-24-50(42)59(51,40-19-13-11-14-20-40)41-21-15-12-16-22-41/h11-34H,1-10H3. The molecule has 10 rings (SSSR count). The van der Waals surface area contributed by atoms with Crippen LogP contribution < -0.4 is 46.8 Å². The van der Waals surface area contributed by atoms with Crippen LogP contribution in [0, 0.1) is 6.92 Å². The van der Waals surface area contributed by atoms with Crippen LogP contribution in [0.4, 0.5) is 17.1 Å². The minimum absolute atomic E-state index is 0.00948. The van der Waals surface area contributed by atoms with Crippen molar-refractivity contribution >= 4 is 69.0 Å². The Hall–Kier alpha value is -5.58. The summed E-state index contributed by atoms with van der Waals surface area (Å²) >= 11 is 0. The lowest BCUT2D eigenvalue weighted by atomic mass is 9.34. The molecule has 0 aliphatic carbocycles. The summed E-state index contributed by atoms with van der Waals surface area (Å²) in [6.07, 6.45) is 0. The number of fused-ring (bicyclic) bond motifs is 7. The Balaban J connectivity index is 1.36. The fourth-order valence-electron chi connectivity index (χ4n) is 10.2. The van der Waals surface area contributed by atoms with Crippen LogP contribution in [0.15, 0.2) is 146 Å². The highest BCUT2D eigenvalue weighted by molar-refractivity contribution is 7.22. The zero-order valence-electron chi connectivity index (χ0n) is 36.3. The van der Waals surface area contributed by atoms with Crippen LogP contribution >= 0.6 is 0 Å². The largest absolute Gasteiger partial charge is 0.458 e. The Morgan fingerprint density at radius 3 is 1.68 bits per heavy atom. The van der Waals surface area contributed by atoms with Gasteiger partial charge < -0.3 is 9.64 Å². The molecular weight excluding hydrogens is 730 g/mol. The van der Waals surface area contributed by atoms with E-state index in [1.54, 1.807) is 0 Å². The van der Waals surface area contributed by atoms with E-state index in [0.29, 0.717) is 0 Å². The normalized spacial score (nSPS) is 14.8. The van der Waals surface area contributed by atoms with E-state index in [1.165, 1.54) is 87.6 Å². The maximum atomic E-state index is 7.10. The molecule has 0 atom stereocenters. The van der Waals surface area contributed by atoms with Crippen molar-refractivity contribution in [2.45, 2.75) is 85.5 Å². The second-order valence-electron chi connectivity index (χ2n) is 20.3. The Kier molecular flexibility index (Phi) is 8.28. The molecule has 7 aromatic carbocycles. The predicted octanol–water partition coefficient (Wildman–Crippen LogP) is 9.65. The van der Waals surface area contributed by atoms with E-state index in [4.69, 9.17) is 4.74 Å². The summed E-state index contributed by atoms with van der Waals surface area (Å²) in [6, 6.07) is 56.3. The second-order valence-corrected chi connectivity index (χ2v) is 24.1. The van der Waals surface area contributed by atoms with E-state index in [9.17, 15) is 0 Å². The minimum atomic E-state index is -2.77. The highest BCUT2D eigenvalue weighted by atomic mass is 28.3. The van der Waals surface area contributed by atoms with E-state index in [2.05, 4.69) is 220 Å². The molecule has 0 saturated heterocycles. The van der Waals surface area contributed by atoms with Gasteiger partial charge in [0.25, 0.3) is 6.71 Å².